The van der Waals surface area contributed by atoms with Crippen molar-refractivity contribution in [3.8, 4) is 0 Å². The van der Waals surface area contributed by atoms with E-state index in [2.05, 4.69) is 27.7 Å². The summed E-state index contributed by atoms with van der Waals surface area (Å²) < 4.78 is 42.2. The standard InChI is InChI=1S/C40H85O4PS/c1-5-9-13-17-21-25-29-33-37-45(44-46(41,42)43,38-34-30-26-22-18-14-10-6-2,39-35-31-27-23-19-15-11-7-3)40-36-32-28-24-20-16-12-8-4/h5-40H2,1-4H3,(H,41,42,43). The second-order valence-corrected chi connectivity index (χ2v) is 22.1. The quantitative estimate of drug-likeness (QED) is 0.0397. The van der Waals surface area contributed by atoms with Gasteiger partial charge in [-0.15, -0.1) is 0 Å². The van der Waals surface area contributed by atoms with Gasteiger partial charge in [-0.25, -0.2) is 0 Å². The van der Waals surface area contributed by atoms with Crippen molar-refractivity contribution in [2.75, 3.05) is 24.6 Å². The molecule has 280 valence electrons. The van der Waals surface area contributed by atoms with Gasteiger partial charge in [0.25, 0.3) is 0 Å². The number of rotatable bonds is 38. The fourth-order valence-electron chi connectivity index (χ4n) is 7.67. The molecule has 0 saturated carbocycles. The Labute approximate surface area is 291 Å². The van der Waals surface area contributed by atoms with Gasteiger partial charge in [0.1, 0.15) is 0 Å². The van der Waals surface area contributed by atoms with E-state index in [0.717, 1.165) is 76.0 Å². The van der Waals surface area contributed by atoms with Crippen LogP contribution >= 0.6 is 6.83 Å². The van der Waals surface area contributed by atoms with Crippen LogP contribution in [0.15, 0.2) is 0 Å². The van der Waals surface area contributed by atoms with Gasteiger partial charge in [-0.05, 0) is 0 Å². The second kappa shape index (κ2) is 31.3. The topological polar surface area (TPSA) is 63.6 Å². The van der Waals surface area contributed by atoms with E-state index in [9.17, 15) is 13.0 Å². The molecule has 0 radical (unpaired) electrons. The van der Waals surface area contributed by atoms with Crippen molar-refractivity contribution < 1.29 is 16.9 Å². The molecule has 4 nitrogen and oxygen atoms in total. The summed E-state index contributed by atoms with van der Waals surface area (Å²) in [6.07, 6.45) is 43.4. The molecule has 0 aromatic heterocycles. The molecular weight excluding hydrogens is 607 g/mol. The first-order valence-corrected chi connectivity index (χ1v) is 25.2. The van der Waals surface area contributed by atoms with Crippen molar-refractivity contribution in [2.24, 2.45) is 0 Å². The SMILES string of the molecule is CCCCCCCCCCP(CCCCCCCCCC)(CCCCCCCCCC)(CCCCCCCCCC)OS(=O)(=O)O. The van der Waals surface area contributed by atoms with Crippen LogP contribution in [0.3, 0.4) is 0 Å². The summed E-state index contributed by atoms with van der Waals surface area (Å²) in [5.41, 5.74) is 0. The van der Waals surface area contributed by atoms with Crippen LogP contribution in [0.2, 0.25) is 0 Å². The van der Waals surface area contributed by atoms with Crippen molar-refractivity contribution in [3.05, 3.63) is 0 Å². The van der Waals surface area contributed by atoms with E-state index in [0.29, 0.717) is 0 Å². The minimum absolute atomic E-state index is 0.893. The Kier molecular flexibility index (Phi) is 31.5. The normalized spacial score (nSPS) is 13.3. The van der Waals surface area contributed by atoms with Crippen molar-refractivity contribution in [1.82, 2.24) is 0 Å². The average Bonchev–Trinajstić information content (AvgIpc) is 3.02. The second-order valence-electron chi connectivity index (χ2n) is 15.2. The van der Waals surface area contributed by atoms with Gasteiger partial charge in [0.05, 0.1) is 0 Å². The third-order valence-electron chi connectivity index (χ3n) is 10.6. The zero-order valence-electron chi connectivity index (χ0n) is 32.0. The Balaban J connectivity index is 5.72. The van der Waals surface area contributed by atoms with Crippen LogP contribution in [0.25, 0.3) is 0 Å². The van der Waals surface area contributed by atoms with E-state index in [4.69, 9.17) is 3.97 Å². The molecule has 0 rings (SSSR count). The summed E-state index contributed by atoms with van der Waals surface area (Å²) in [7, 11) is -4.51. The molecule has 0 aliphatic rings. The number of unbranched alkanes of at least 4 members (excludes halogenated alkanes) is 28. The van der Waals surface area contributed by atoms with Gasteiger partial charge >= 0.3 is 292 Å². The van der Waals surface area contributed by atoms with Crippen LogP contribution in [0.1, 0.15) is 233 Å². The van der Waals surface area contributed by atoms with Crippen molar-refractivity contribution in [2.45, 2.75) is 233 Å². The van der Waals surface area contributed by atoms with Gasteiger partial charge in [-0.1, -0.05) is 0 Å². The van der Waals surface area contributed by atoms with Crippen LogP contribution < -0.4 is 0 Å². The molecule has 0 aromatic rings. The summed E-state index contributed by atoms with van der Waals surface area (Å²) in [4.78, 5) is 0. The monoisotopic (exact) mass is 693 g/mol. The molecule has 0 aromatic carbocycles. The molecule has 0 saturated heterocycles. The van der Waals surface area contributed by atoms with Crippen molar-refractivity contribution in [3.63, 3.8) is 0 Å². The summed E-state index contributed by atoms with van der Waals surface area (Å²) in [6.45, 7) is 5.92. The van der Waals surface area contributed by atoms with Gasteiger partial charge in [0.15, 0.2) is 0 Å². The van der Waals surface area contributed by atoms with Crippen LogP contribution in [-0.2, 0) is 14.4 Å². The molecule has 0 unspecified atom stereocenters. The van der Waals surface area contributed by atoms with E-state index in [-0.39, 0.29) is 0 Å². The zero-order valence-corrected chi connectivity index (χ0v) is 33.7. The Hall–Kier alpha value is 0.300. The fraction of sp³-hybridized carbons (Fsp3) is 1.00. The average molecular weight is 693 g/mol. The molecule has 1 N–H and O–H groups in total. The maximum atomic E-state index is 12.8. The molecule has 6 heteroatoms. The Bertz CT molecular complexity index is 650. The van der Waals surface area contributed by atoms with E-state index in [1.54, 1.807) is 0 Å². The maximum absolute atomic E-state index is 12.8. The Morgan fingerprint density at radius 3 is 0.696 bits per heavy atom. The third-order valence-corrected chi connectivity index (χ3v) is 18.8. The number of hydrogen-bond donors (Lipinski definition) is 1. The first kappa shape index (κ1) is 46.3. The van der Waals surface area contributed by atoms with Gasteiger partial charge in [0, 0.05) is 0 Å². The fourth-order valence-corrected chi connectivity index (χ4v) is 16.4. The molecule has 46 heavy (non-hydrogen) atoms. The van der Waals surface area contributed by atoms with Gasteiger partial charge in [-0.3, -0.25) is 0 Å². The molecule has 0 aliphatic heterocycles. The van der Waals surface area contributed by atoms with E-state index >= 15 is 0 Å². The Morgan fingerprint density at radius 1 is 0.348 bits per heavy atom. The summed E-state index contributed by atoms with van der Waals surface area (Å²) in [5, 5.41) is 0. The van der Waals surface area contributed by atoms with Crippen molar-refractivity contribution in [1.29, 1.82) is 0 Å². The van der Waals surface area contributed by atoms with Gasteiger partial charge in [0.2, 0.25) is 0 Å². The molecule has 0 fully saturated rings. The molecule has 0 amide bonds. The minimum atomic E-state index is -4.51. The Morgan fingerprint density at radius 2 is 0.522 bits per heavy atom. The van der Waals surface area contributed by atoms with E-state index in [1.807, 2.05) is 0 Å². The molecule has 0 bridgehead atoms. The van der Waals surface area contributed by atoms with Crippen molar-refractivity contribution >= 4 is 17.2 Å². The molecule has 0 atom stereocenters. The van der Waals surface area contributed by atoms with Gasteiger partial charge in [-0.2, -0.15) is 0 Å². The molecule has 0 spiro atoms. The summed E-state index contributed by atoms with van der Waals surface area (Å²) in [6, 6.07) is 0. The summed E-state index contributed by atoms with van der Waals surface area (Å²) >= 11 is 0. The van der Waals surface area contributed by atoms with E-state index < -0.39 is 17.2 Å². The van der Waals surface area contributed by atoms with Crippen LogP contribution in [-0.4, -0.2) is 37.6 Å². The first-order valence-electron chi connectivity index (χ1n) is 21.0. The first-order chi connectivity index (χ1) is 22.3. The summed E-state index contributed by atoms with van der Waals surface area (Å²) in [5.74, 6) is 0. The predicted octanol–water partition coefficient (Wildman–Crippen LogP) is 14.8. The molecular formula is C40H85O4PS. The van der Waals surface area contributed by atoms with Crippen LogP contribution in [0.4, 0.5) is 0 Å². The van der Waals surface area contributed by atoms with Crippen LogP contribution in [0.5, 0.6) is 0 Å². The number of hydrogen-bond acceptors (Lipinski definition) is 3. The predicted molar refractivity (Wildman–Crippen MR) is 209 cm³/mol. The van der Waals surface area contributed by atoms with E-state index in [1.165, 1.54) is 154 Å². The van der Waals surface area contributed by atoms with Crippen LogP contribution in [0, 0.1) is 0 Å². The molecule has 0 aliphatic carbocycles. The molecule has 0 heterocycles. The third kappa shape index (κ3) is 27.2. The zero-order chi connectivity index (χ0) is 34.1. The van der Waals surface area contributed by atoms with Gasteiger partial charge < -0.3 is 0 Å².